The summed E-state index contributed by atoms with van der Waals surface area (Å²) in [7, 11) is 0. The van der Waals surface area contributed by atoms with Crippen molar-refractivity contribution in [3.05, 3.63) is 47.2 Å². The monoisotopic (exact) mass is 315 g/mol. The number of hydrogen-bond acceptors (Lipinski definition) is 4. The van der Waals surface area contributed by atoms with Crippen LogP contribution in [0.4, 0.5) is 0 Å². The SMILES string of the molecule is CCOC(=O)c1cc(-c2ccc(C)cc2)n(CC(=O)NN)c1C. The number of rotatable bonds is 5. The molecule has 0 unspecified atom stereocenters. The second kappa shape index (κ2) is 7.11. The lowest BCUT2D eigenvalue weighted by atomic mass is 10.1. The minimum atomic E-state index is -0.398. The maximum Gasteiger partial charge on any atom is 0.339 e. The van der Waals surface area contributed by atoms with Gasteiger partial charge >= 0.3 is 5.97 Å². The molecule has 2 aromatic rings. The molecule has 0 fully saturated rings. The molecule has 0 aliphatic heterocycles. The summed E-state index contributed by atoms with van der Waals surface area (Å²) in [4.78, 5) is 23.8. The third-order valence-electron chi connectivity index (χ3n) is 3.67. The second-order valence-corrected chi connectivity index (χ2v) is 5.27. The summed E-state index contributed by atoms with van der Waals surface area (Å²) in [5, 5.41) is 0. The predicted molar refractivity (Wildman–Crippen MR) is 87.6 cm³/mol. The van der Waals surface area contributed by atoms with Gasteiger partial charge in [0.2, 0.25) is 0 Å². The van der Waals surface area contributed by atoms with E-state index in [-0.39, 0.29) is 12.5 Å². The van der Waals surface area contributed by atoms with E-state index in [1.807, 2.05) is 31.2 Å². The van der Waals surface area contributed by atoms with Crippen molar-refractivity contribution in [1.29, 1.82) is 0 Å². The fraction of sp³-hybridized carbons (Fsp3) is 0.294. The average molecular weight is 315 g/mol. The van der Waals surface area contributed by atoms with Gasteiger partial charge in [-0.25, -0.2) is 10.6 Å². The molecule has 0 aliphatic rings. The summed E-state index contributed by atoms with van der Waals surface area (Å²) in [5.41, 5.74) is 6.06. The number of esters is 1. The predicted octanol–water partition coefficient (Wildman–Crippen LogP) is 1.94. The zero-order valence-corrected chi connectivity index (χ0v) is 13.6. The number of aryl methyl sites for hydroxylation is 1. The molecule has 1 aromatic carbocycles. The Hall–Kier alpha value is -2.60. The Kier molecular flexibility index (Phi) is 5.18. The number of hydrogen-bond donors (Lipinski definition) is 2. The number of nitrogens with one attached hydrogen (secondary N) is 1. The highest BCUT2D eigenvalue weighted by Crippen LogP contribution is 2.27. The van der Waals surface area contributed by atoms with Crippen molar-refractivity contribution in [2.45, 2.75) is 27.3 Å². The number of hydrazine groups is 1. The zero-order valence-electron chi connectivity index (χ0n) is 13.6. The number of amides is 1. The van der Waals surface area contributed by atoms with Crippen molar-refractivity contribution in [3.63, 3.8) is 0 Å². The maximum atomic E-state index is 12.1. The van der Waals surface area contributed by atoms with E-state index in [1.54, 1.807) is 24.5 Å². The van der Waals surface area contributed by atoms with E-state index in [1.165, 1.54) is 0 Å². The Morgan fingerprint density at radius 1 is 1.22 bits per heavy atom. The van der Waals surface area contributed by atoms with Crippen LogP contribution in [0, 0.1) is 13.8 Å². The van der Waals surface area contributed by atoms with E-state index < -0.39 is 5.97 Å². The van der Waals surface area contributed by atoms with Gasteiger partial charge in [0.1, 0.15) is 6.54 Å². The molecule has 0 saturated heterocycles. The molecule has 6 heteroatoms. The van der Waals surface area contributed by atoms with Crippen molar-refractivity contribution < 1.29 is 14.3 Å². The largest absolute Gasteiger partial charge is 0.462 e. The lowest BCUT2D eigenvalue weighted by Gasteiger charge is -2.11. The summed E-state index contributed by atoms with van der Waals surface area (Å²) < 4.78 is 6.85. The summed E-state index contributed by atoms with van der Waals surface area (Å²) in [6, 6.07) is 9.62. The molecule has 1 heterocycles. The van der Waals surface area contributed by atoms with Gasteiger partial charge < -0.3 is 9.30 Å². The van der Waals surface area contributed by atoms with Crippen LogP contribution in [0.5, 0.6) is 0 Å². The van der Waals surface area contributed by atoms with Crippen LogP contribution in [0.15, 0.2) is 30.3 Å². The standard InChI is InChI=1S/C17H21N3O3/c1-4-23-17(22)14-9-15(13-7-5-11(2)6-8-13)20(12(14)3)10-16(21)19-18/h5-9H,4,10,18H2,1-3H3,(H,19,21). The number of ether oxygens (including phenoxy) is 1. The molecule has 0 saturated carbocycles. The van der Waals surface area contributed by atoms with Crippen LogP contribution in [0.2, 0.25) is 0 Å². The molecule has 122 valence electrons. The molecule has 3 N–H and O–H groups in total. The van der Waals surface area contributed by atoms with Gasteiger partial charge in [0, 0.05) is 11.4 Å². The van der Waals surface area contributed by atoms with E-state index in [2.05, 4.69) is 5.43 Å². The number of nitrogens with zero attached hydrogens (tertiary/aromatic N) is 1. The van der Waals surface area contributed by atoms with Gasteiger partial charge in [0.05, 0.1) is 12.2 Å². The van der Waals surface area contributed by atoms with E-state index in [0.29, 0.717) is 17.9 Å². The number of carbonyl (C=O) groups is 2. The summed E-state index contributed by atoms with van der Waals surface area (Å²) in [5.74, 6) is 4.45. The van der Waals surface area contributed by atoms with Crippen LogP contribution < -0.4 is 11.3 Å². The first-order chi connectivity index (χ1) is 11.0. The van der Waals surface area contributed by atoms with Crippen molar-refractivity contribution in [2.24, 2.45) is 5.84 Å². The third kappa shape index (κ3) is 3.60. The number of benzene rings is 1. The Morgan fingerprint density at radius 3 is 2.43 bits per heavy atom. The van der Waals surface area contributed by atoms with E-state index in [9.17, 15) is 9.59 Å². The van der Waals surface area contributed by atoms with Gasteiger partial charge in [-0.1, -0.05) is 29.8 Å². The number of aromatic nitrogens is 1. The molecule has 0 spiro atoms. The molecule has 0 radical (unpaired) electrons. The lowest BCUT2D eigenvalue weighted by Crippen LogP contribution is -2.33. The first-order valence-electron chi connectivity index (χ1n) is 7.41. The zero-order chi connectivity index (χ0) is 17.0. The highest BCUT2D eigenvalue weighted by atomic mass is 16.5. The highest BCUT2D eigenvalue weighted by Gasteiger charge is 2.20. The molecule has 1 amide bonds. The molecule has 6 nitrogen and oxygen atoms in total. The van der Waals surface area contributed by atoms with E-state index >= 15 is 0 Å². The molecule has 1 aromatic heterocycles. The molecular formula is C17H21N3O3. The van der Waals surface area contributed by atoms with E-state index in [4.69, 9.17) is 10.6 Å². The molecule has 23 heavy (non-hydrogen) atoms. The average Bonchev–Trinajstić information content (AvgIpc) is 2.85. The summed E-state index contributed by atoms with van der Waals surface area (Å²) in [6.07, 6.45) is 0. The van der Waals surface area contributed by atoms with E-state index in [0.717, 1.165) is 16.8 Å². The van der Waals surface area contributed by atoms with Crippen LogP contribution in [0.25, 0.3) is 11.3 Å². The van der Waals surface area contributed by atoms with Gasteiger partial charge in [0.25, 0.3) is 5.91 Å². The first kappa shape index (κ1) is 16.8. The van der Waals surface area contributed by atoms with Gasteiger partial charge in [-0.3, -0.25) is 10.2 Å². The van der Waals surface area contributed by atoms with Crippen molar-refractivity contribution in [2.75, 3.05) is 6.61 Å². The smallest absolute Gasteiger partial charge is 0.339 e. The number of carbonyl (C=O) groups excluding carboxylic acids is 2. The highest BCUT2D eigenvalue weighted by molar-refractivity contribution is 5.93. The van der Waals surface area contributed by atoms with Crippen LogP contribution in [0.1, 0.15) is 28.5 Å². The van der Waals surface area contributed by atoms with Gasteiger partial charge in [-0.15, -0.1) is 0 Å². The topological polar surface area (TPSA) is 86.3 Å². The maximum absolute atomic E-state index is 12.1. The third-order valence-corrected chi connectivity index (χ3v) is 3.67. The molecule has 2 rings (SSSR count). The lowest BCUT2D eigenvalue weighted by molar-refractivity contribution is -0.121. The Balaban J connectivity index is 2.54. The van der Waals surface area contributed by atoms with Crippen molar-refractivity contribution in [3.8, 4) is 11.3 Å². The van der Waals surface area contributed by atoms with Crippen LogP contribution in [0.3, 0.4) is 0 Å². The summed E-state index contributed by atoms with van der Waals surface area (Å²) in [6.45, 7) is 5.87. The molecular weight excluding hydrogens is 294 g/mol. The van der Waals surface area contributed by atoms with Crippen LogP contribution in [-0.4, -0.2) is 23.1 Å². The van der Waals surface area contributed by atoms with Gasteiger partial charge in [-0.2, -0.15) is 0 Å². The van der Waals surface area contributed by atoms with Gasteiger partial charge in [-0.05, 0) is 32.4 Å². The molecule has 0 aliphatic carbocycles. The minimum absolute atomic E-state index is 0.0327. The van der Waals surface area contributed by atoms with Crippen LogP contribution >= 0.6 is 0 Å². The number of nitrogens with two attached hydrogens (primary N) is 1. The van der Waals surface area contributed by atoms with Crippen molar-refractivity contribution >= 4 is 11.9 Å². The molecule has 0 atom stereocenters. The fourth-order valence-electron chi connectivity index (χ4n) is 2.42. The minimum Gasteiger partial charge on any atom is -0.462 e. The quantitative estimate of drug-likeness (QED) is 0.382. The summed E-state index contributed by atoms with van der Waals surface area (Å²) >= 11 is 0. The first-order valence-corrected chi connectivity index (χ1v) is 7.41. The van der Waals surface area contributed by atoms with Crippen LogP contribution in [-0.2, 0) is 16.1 Å². The Bertz CT molecular complexity index is 717. The fourth-order valence-corrected chi connectivity index (χ4v) is 2.42. The molecule has 0 bridgehead atoms. The normalized spacial score (nSPS) is 10.4. The second-order valence-electron chi connectivity index (χ2n) is 5.27. The van der Waals surface area contributed by atoms with Crippen molar-refractivity contribution in [1.82, 2.24) is 9.99 Å². The van der Waals surface area contributed by atoms with Gasteiger partial charge in [0.15, 0.2) is 0 Å². The Morgan fingerprint density at radius 2 is 1.87 bits per heavy atom. The Labute approximate surface area is 135 Å².